The summed E-state index contributed by atoms with van der Waals surface area (Å²) in [6.07, 6.45) is 0.895. The molecule has 1 aliphatic rings. The van der Waals surface area contributed by atoms with Crippen LogP contribution in [0.25, 0.3) is 0 Å². The second-order valence-corrected chi connectivity index (χ2v) is 3.50. The van der Waals surface area contributed by atoms with E-state index in [-0.39, 0.29) is 6.04 Å². The first-order valence-corrected chi connectivity index (χ1v) is 5.08. The van der Waals surface area contributed by atoms with Gasteiger partial charge in [-0.1, -0.05) is 6.92 Å². The zero-order chi connectivity index (χ0) is 9.97. The summed E-state index contributed by atoms with van der Waals surface area (Å²) in [5.41, 5.74) is 0.995. The smallest absolute Gasteiger partial charge is 0.214 e. The maximum absolute atomic E-state index is 5.65. The van der Waals surface area contributed by atoms with Gasteiger partial charge in [0.05, 0.1) is 18.9 Å². The van der Waals surface area contributed by atoms with Crippen LogP contribution >= 0.6 is 0 Å². The van der Waals surface area contributed by atoms with Gasteiger partial charge in [-0.3, -0.25) is 0 Å². The van der Waals surface area contributed by atoms with E-state index in [4.69, 9.17) is 9.15 Å². The molecule has 0 spiro atoms. The van der Waals surface area contributed by atoms with Gasteiger partial charge in [0.2, 0.25) is 5.89 Å². The summed E-state index contributed by atoms with van der Waals surface area (Å²) in [7, 11) is 0. The van der Waals surface area contributed by atoms with Gasteiger partial charge in [-0.25, -0.2) is 4.98 Å². The van der Waals surface area contributed by atoms with Gasteiger partial charge < -0.3 is 14.5 Å². The van der Waals surface area contributed by atoms with Crippen molar-refractivity contribution >= 4 is 0 Å². The number of rotatable bonds is 2. The molecule has 0 aromatic carbocycles. The molecule has 0 saturated carbocycles. The number of aryl methyl sites for hydroxylation is 2. The fraction of sp³-hybridized carbons (Fsp3) is 0.700. The van der Waals surface area contributed by atoms with Gasteiger partial charge >= 0.3 is 0 Å². The highest BCUT2D eigenvalue weighted by Crippen LogP contribution is 2.18. The van der Waals surface area contributed by atoms with E-state index in [1.165, 1.54) is 0 Å². The third kappa shape index (κ3) is 1.81. The van der Waals surface area contributed by atoms with Gasteiger partial charge in [0, 0.05) is 13.0 Å². The minimum absolute atomic E-state index is 0.128. The second-order valence-electron chi connectivity index (χ2n) is 3.50. The number of ether oxygens (including phenoxy) is 1. The Labute approximate surface area is 83.7 Å². The van der Waals surface area contributed by atoms with Crippen LogP contribution in [0.15, 0.2) is 4.42 Å². The van der Waals surface area contributed by atoms with Crippen molar-refractivity contribution in [1.29, 1.82) is 0 Å². The molecule has 1 aromatic rings. The molecule has 1 N–H and O–H groups in total. The summed E-state index contributed by atoms with van der Waals surface area (Å²) < 4.78 is 11.0. The summed E-state index contributed by atoms with van der Waals surface area (Å²) in [5.74, 6) is 1.74. The Morgan fingerprint density at radius 2 is 2.43 bits per heavy atom. The highest BCUT2D eigenvalue weighted by Gasteiger charge is 2.21. The van der Waals surface area contributed by atoms with Crippen LogP contribution in [0.1, 0.15) is 30.3 Å². The summed E-state index contributed by atoms with van der Waals surface area (Å²) in [5, 5.41) is 3.32. The summed E-state index contributed by atoms with van der Waals surface area (Å²) in [6.45, 7) is 6.35. The predicted octanol–water partition coefficient (Wildman–Crippen LogP) is 1.21. The molecule has 0 amide bonds. The number of nitrogens with one attached hydrogen (secondary N) is 1. The molecule has 1 unspecified atom stereocenters. The molecule has 78 valence electrons. The van der Waals surface area contributed by atoms with Crippen LogP contribution in [0.5, 0.6) is 0 Å². The van der Waals surface area contributed by atoms with Crippen molar-refractivity contribution in [2.24, 2.45) is 0 Å². The molecule has 1 atom stereocenters. The molecule has 0 bridgehead atoms. The molecule has 4 heteroatoms. The molecule has 1 saturated heterocycles. The standard InChI is InChI=1S/C10H16N2O2/c1-3-9-7(2)12-10(14-9)8-6-13-5-4-11-8/h8,11H,3-6H2,1-2H3. The lowest BCUT2D eigenvalue weighted by Crippen LogP contribution is -2.34. The van der Waals surface area contributed by atoms with Crippen molar-refractivity contribution in [2.45, 2.75) is 26.3 Å². The van der Waals surface area contributed by atoms with Crippen LogP contribution in [-0.4, -0.2) is 24.7 Å². The third-order valence-corrected chi connectivity index (χ3v) is 2.45. The van der Waals surface area contributed by atoms with Crippen molar-refractivity contribution in [3.05, 3.63) is 17.3 Å². The number of hydrogen-bond donors (Lipinski definition) is 1. The Balaban J connectivity index is 2.14. The van der Waals surface area contributed by atoms with Gasteiger partial charge in [0.1, 0.15) is 11.8 Å². The van der Waals surface area contributed by atoms with Gasteiger partial charge in [0.25, 0.3) is 0 Å². The summed E-state index contributed by atoms with van der Waals surface area (Å²) in [6, 6.07) is 0.128. The van der Waals surface area contributed by atoms with E-state index in [1.54, 1.807) is 0 Å². The monoisotopic (exact) mass is 196 g/mol. The van der Waals surface area contributed by atoms with Crippen molar-refractivity contribution in [1.82, 2.24) is 10.3 Å². The van der Waals surface area contributed by atoms with E-state index < -0.39 is 0 Å². The fourth-order valence-electron chi connectivity index (χ4n) is 1.65. The quantitative estimate of drug-likeness (QED) is 0.772. The lowest BCUT2D eigenvalue weighted by atomic mass is 10.3. The lowest BCUT2D eigenvalue weighted by molar-refractivity contribution is 0.0677. The largest absolute Gasteiger partial charge is 0.444 e. The first kappa shape index (κ1) is 9.68. The molecule has 0 radical (unpaired) electrons. The third-order valence-electron chi connectivity index (χ3n) is 2.45. The predicted molar refractivity (Wildman–Crippen MR) is 52.2 cm³/mol. The van der Waals surface area contributed by atoms with Gasteiger partial charge in [0.15, 0.2) is 0 Å². The van der Waals surface area contributed by atoms with Crippen molar-refractivity contribution in [2.75, 3.05) is 19.8 Å². The van der Waals surface area contributed by atoms with Crippen LogP contribution in [0.4, 0.5) is 0 Å². The van der Waals surface area contributed by atoms with Crippen molar-refractivity contribution in [3.63, 3.8) is 0 Å². The molecule has 2 rings (SSSR count). The van der Waals surface area contributed by atoms with E-state index >= 15 is 0 Å². The minimum atomic E-state index is 0.128. The summed E-state index contributed by atoms with van der Waals surface area (Å²) in [4.78, 5) is 4.40. The molecular weight excluding hydrogens is 180 g/mol. The molecule has 14 heavy (non-hydrogen) atoms. The Kier molecular flexibility index (Phi) is 2.84. The van der Waals surface area contributed by atoms with E-state index in [0.29, 0.717) is 6.61 Å². The minimum Gasteiger partial charge on any atom is -0.444 e. The number of oxazole rings is 1. The molecule has 0 aliphatic carbocycles. The molecular formula is C10H16N2O2. The van der Waals surface area contributed by atoms with E-state index in [1.807, 2.05) is 6.92 Å². The normalized spacial score (nSPS) is 22.6. The Morgan fingerprint density at radius 3 is 3.00 bits per heavy atom. The number of nitrogens with zero attached hydrogens (tertiary/aromatic N) is 1. The zero-order valence-corrected chi connectivity index (χ0v) is 8.67. The average Bonchev–Trinajstić information content (AvgIpc) is 2.61. The SMILES string of the molecule is CCc1oc(C2COCCN2)nc1C. The highest BCUT2D eigenvalue weighted by molar-refractivity contribution is 5.09. The van der Waals surface area contributed by atoms with E-state index in [9.17, 15) is 0 Å². The molecule has 2 heterocycles. The van der Waals surface area contributed by atoms with Crippen molar-refractivity contribution < 1.29 is 9.15 Å². The first-order chi connectivity index (χ1) is 6.81. The van der Waals surface area contributed by atoms with Crippen LogP contribution < -0.4 is 5.32 Å². The van der Waals surface area contributed by atoms with Crippen LogP contribution in [0, 0.1) is 6.92 Å². The zero-order valence-electron chi connectivity index (χ0n) is 8.67. The maximum atomic E-state index is 5.65. The Morgan fingerprint density at radius 1 is 1.57 bits per heavy atom. The molecule has 1 aliphatic heterocycles. The molecule has 1 fully saturated rings. The van der Waals surface area contributed by atoms with Gasteiger partial charge in [-0.15, -0.1) is 0 Å². The van der Waals surface area contributed by atoms with Crippen molar-refractivity contribution in [3.8, 4) is 0 Å². The number of aromatic nitrogens is 1. The van der Waals surface area contributed by atoms with Crippen LogP contribution in [0.3, 0.4) is 0 Å². The number of hydrogen-bond acceptors (Lipinski definition) is 4. The Bertz CT molecular complexity index is 303. The lowest BCUT2D eigenvalue weighted by Gasteiger charge is -2.20. The van der Waals surface area contributed by atoms with Crippen LogP contribution in [0.2, 0.25) is 0 Å². The maximum Gasteiger partial charge on any atom is 0.214 e. The van der Waals surface area contributed by atoms with E-state index in [0.717, 1.165) is 36.9 Å². The average molecular weight is 196 g/mol. The van der Waals surface area contributed by atoms with Gasteiger partial charge in [-0.2, -0.15) is 0 Å². The number of morpholine rings is 1. The summed E-state index contributed by atoms with van der Waals surface area (Å²) >= 11 is 0. The topological polar surface area (TPSA) is 47.3 Å². The Hall–Kier alpha value is -0.870. The second kappa shape index (κ2) is 4.11. The first-order valence-electron chi connectivity index (χ1n) is 5.08. The molecule has 4 nitrogen and oxygen atoms in total. The highest BCUT2D eigenvalue weighted by atomic mass is 16.5. The van der Waals surface area contributed by atoms with E-state index in [2.05, 4.69) is 17.2 Å². The molecule has 1 aromatic heterocycles. The van der Waals surface area contributed by atoms with Gasteiger partial charge in [-0.05, 0) is 6.92 Å². The fourth-order valence-corrected chi connectivity index (χ4v) is 1.65. The van der Waals surface area contributed by atoms with Crippen LogP contribution in [-0.2, 0) is 11.2 Å².